The predicted molar refractivity (Wildman–Crippen MR) is 125 cm³/mol. The van der Waals surface area contributed by atoms with Gasteiger partial charge in [-0.15, -0.1) is 0 Å². The minimum atomic E-state index is -4.75. The van der Waals surface area contributed by atoms with Crippen molar-refractivity contribution in [1.29, 1.82) is 0 Å². The monoisotopic (exact) mass is 569 g/mol. The van der Waals surface area contributed by atoms with E-state index in [2.05, 4.69) is 9.38 Å². The first-order valence-corrected chi connectivity index (χ1v) is 13.5. The summed E-state index contributed by atoms with van der Waals surface area (Å²) in [7, 11) is -3.35. The molecule has 3 aliphatic heterocycles. The van der Waals surface area contributed by atoms with Crippen LogP contribution in [-0.4, -0.2) is 48.4 Å². The summed E-state index contributed by atoms with van der Waals surface area (Å²) in [6.07, 6.45) is -5.31. The van der Waals surface area contributed by atoms with Gasteiger partial charge in [0.2, 0.25) is 10.0 Å². The van der Waals surface area contributed by atoms with E-state index >= 15 is 0 Å². The van der Waals surface area contributed by atoms with Crippen LogP contribution in [0.1, 0.15) is 35.9 Å². The molecule has 1 unspecified atom stereocenters. The number of nitrogens with zero attached hydrogens (tertiary/aromatic N) is 3. The summed E-state index contributed by atoms with van der Waals surface area (Å²) >= 11 is 11.9. The van der Waals surface area contributed by atoms with Gasteiger partial charge in [0.1, 0.15) is 5.60 Å². The van der Waals surface area contributed by atoms with Gasteiger partial charge < -0.3 is 4.74 Å². The lowest BCUT2D eigenvalue weighted by atomic mass is 9.87. The standard InChI is InChI=1S/C21H17Cl2F4N3O3S2/c1-2-35(31,32)30-9-19(10-30)12-3-4-15(28-17(12)8-33-19)16-7-20(34-29-16,21(25,26)27)11-5-13(22)18(24)14(23)6-11/h3-6H,2,7-10H2,1H3. The molecule has 35 heavy (non-hydrogen) atoms. The van der Waals surface area contributed by atoms with E-state index in [0.29, 0.717) is 23.2 Å². The molecule has 1 spiro atoms. The molecule has 5 rings (SSSR count). The van der Waals surface area contributed by atoms with Crippen LogP contribution < -0.4 is 0 Å². The Labute approximate surface area is 212 Å². The molecule has 0 aliphatic carbocycles. The van der Waals surface area contributed by atoms with Crippen LogP contribution in [0.2, 0.25) is 10.0 Å². The maximum Gasteiger partial charge on any atom is 0.409 e. The van der Waals surface area contributed by atoms with E-state index in [0.717, 1.165) is 12.1 Å². The molecule has 2 aromatic rings. The van der Waals surface area contributed by atoms with Gasteiger partial charge in [-0.3, -0.25) is 0 Å². The highest BCUT2D eigenvalue weighted by atomic mass is 35.5. The maximum absolute atomic E-state index is 14.3. The van der Waals surface area contributed by atoms with E-state index in [1.165, 1.54) is 4.31 Å². The Hall–Kier alpha value is -1.44. The first-order chi connectivity index (χ1) is 16.3. The molecule has 3 aliphatic rings. The first-order valence-electron chi connectivity index (χ1n) is 10.4. The molecule has 0 saturated carbocycles. The fraction of sp³-hybridized carbons (Fsp3) is 0.429. The topological polar surface area (TPSA) is 71.9 Å². The van der Waals surface area contributed by atoms with E-state index < -0.39 is 48.8 Å². The lowest BCUT2D eigenvalue weighted by molar-refractivity contribution is -0.159. The molecule has 1 aromatic heterocycles. The number of aromatic nitrogens is 1. The van der Waals surface area contributed by atoms with Crippen LogP contribution in [0.4, 0.5) is 17.6 Å². The molecule has 0 N–H and O–H groups in total. The predicted octanol–water partition coefficient (Wildman–Crippen LogP) is 5.22. The lowest BCUT2D eigenvalue weighted by Crippen LogP contribution is -2.61. The zero-order chi connectivity index (χ0) is 25.4. The van der Waals surface area contributed by atoms with Crippen molar-refractivity contribution in [2.24, 2.45) is 4.40 Å². The second-order valence-corrected chi connectivity index (χ2v) is 12.7. The highest BCUT2D eigenvalue weighted by Crippen LogP contribution is 2.57. The van der Waals surface area contributed by atoms with Crippen molar-refractivity contribution in [3.8, 4) is 0 Å². The second-order valence-electron chi connectivity index (χ2n) is 8.53. The van der Waals surface area contributed by atoms with E-state index in [-0.39, 0.29) is 42.4 Å². The van der Waals surface area contributed by atoms with Crippen LogP contribution in [0, 0.1) is 5.82 Å². The maximum atomic E-state index is 14.3. The Kier molecular flexibility index (Phi) is 5.97. The van der Waals surface area contributed by atoms with Gasteiger partial charge in [-0.2, -0.15) is 17.5 Å². The second kappa shape index (κ2) is 8.29. The smallest absolute Gasteiger partial charge is 0.361 e. The third-order valence-corrected chi connectivity index (χ3v) is 10.1. The average Bonchev–Trinajstić information content (AvgIpc) is 3.39. The summed E-state index contributed by atoms with van der Waals surface area (Å²) in [4.78, 5) is 4.49. The molecule has 14 heteroatoms. The van der Waals surface area contributed by atoms with Crippen molar-refractivity contribution in [2.75, 3.05) is 18.8 Å². The number of hydrogen-bond donors (Lipinski definition) is 0. The zero-order valence-electron chi connectivity index (χ0n) is 18.0. The molecule has 188 valence electrons. The number of hydrogen-bond acceptors (Lipinski definition) is 6. The fourth-order valence-corrected chi connectivity index (χ4v) is 7.08. The van der Waals surface area contributed by atoms with Crippen LogP contribution >= 0.6 is 35.1 Å². The SMILES string of the molecule is CCS(=O)(=O)N1CC2(C1)OCc1nc(C3=NSC(c4cc(Cl)c(F)c(Cl)c4)(C(F)(F)F)C3)ccc12. The molecule has 6 nitrogen and oxygen atoms in total. The molecule has 1 atom stereocenters. The quantitative estimate of drug-likeness (QED) is 0.287. The summed E-state index contributed by atoms with van der Waals surface area (Å²) in [6.45, 7) is 2.00. The summed E-state index contributed by atoms with van der Waals surface area (Å²) in [5.41, 5.74) is 0.499. The lowest BCUT2D eigenvalue weighted by Gasteiger charge is -2.46. The van der Waals surface area contributed by atoms with E-state index in [1.54, 1.807) is 19.1 Å². The summed E-state index contributed by atoms with van der Waals surface area (Å²) in [5.74, 6) is -1.01. The number of fused-ring (bicyclic) bond motifs is 2. The van der Waals surface area contributed by atoms with Crippen molar-refractivity contribution in [3.63, 3.8) is 0 Å². The van der Waals surface area contributed by atoms with Crippen LogP contribution in [0.15, 0.2) is 28.7 Å². The summed E-state index contributed by atoms with van der Waals surface area (Å²) in [6, 6.07) is 5.10. The Balaban J connectivity index is 1.43. The molecule has 1 saturated heterocycles. The number of halogens is 6. The van der Waals surface area contributed by atoms with Gasteiger partial charge in [0.15, 0.2) is 10.6 Å². The minimum absolute atomic E-state index is 0.0178. The molecule has 0 bridgehead atoms. The van der Waals surface area contributed by atoms with Crippen molar-refractivity contribution in [2.45, 2.75) is 36.5 Å². The van der Waals surface area contributed by atoms with Crippen LogP contribution in [-0.2, 0) is 31.7 Å². The van der Waals surface area contributed by atoms with Gasteiger partial charge in [-0.1, -0.05) is 29.3 Å². The van der Waals surface area contributed by atoms with E-state index in [4.69, 9.17) is 27.9 Å². The van der Waals surface area contributed by atoms with Crippen molar-refractivity contribution in [1.82, 2.24) is 9.29 Å². The van der Waals surface area contributed by atoms with Crippen molar-refractivity contribution < 1.29 is 30.7 Å². The number of ether oxygens (including phenoxy) is 1. The van der Waals surface area contributed by atoms with Crippen molar-refractivity contribution in [3.05, 3.63) is 62.6 Å². The Morgan fingerprint density at radius 3 is 2.46 bits per heavy atom. The first kappa shape index (κ1) is 25.2. The summed E-state index contributed by atoms with van der Waals surface area (Å²) < 4.78 is 89.8. The van der Waals surface area contributed by atoms with Gasteiger partial charge in [0.25, 0.3) is 0 Å². The molecular weight excluding hydrogens is 553 g/mol. The third kappa shape index (κ3) is 3.88. The van der Waals surface area contributed by atoms with Crippen LogP contribution in [0.25, 0.3) is 0 Å². The largest absolute Gasteiger partial charge is 0.409 e. The van der Waals surface area contributed by atoms with Gasteiger partial charge in [0, 0.05) is 25.1 Å². The van der Waals surface area contributed by atoms with Gasteiger partial charge in [0.05, 0.1) is 39.5 Å². The molecule has 0 radical (unpaired) electrons. The number of rotatable bonds is 4. The van der Waals surface area contributed by atoms with E-state index in [9.17, 15) is 26.0 Å². The minimum Gasteiger partial charge on any atom is -0.361 e. The number of alkyl halides is 3. The van der Waals surface area contributed by atoms with E-state index in [1.807, 2.05) is 0 Å². The average molecular weight is 570 g/mol. The highest BCUT2D eigenvalue weighted by molar-refractivity contribution is 7.99. The Morgan fingerprint density at radius 2 is 1.86 bits per heavy atom. The third-order valence-electron chi connectivity index (χ3n) is 6.50. The summed E-state index contributed by atoms with van der Waals surface area (Å²) in [5, 5.41) is -1.02. The highest BCUT2D eigenvalue weighted by Gasteiger charge is 2.60. The molecule has 1 fully saturated rings. The molecular formula is C21H17Cl2F4N3O3S2. The van der Waals surface area contributed by atoms with Gasteiger partial charge in [-0.25, -0.2) is 22.2 Å². The van der Waals surface area contributed by atoms with Crippen LogP contribution in [0.3, 0.4) is 0 Å². The number of pyridine rings is 1. The normalized spacial score (nSPS) is 23.9. The Morgan fingerprint density at radius 1 is 1.20 bits per heavy atom. The molecule has 0 amide bonds. The Bertz CT molecular complexity index is 1340. The van der Waals surface area contributed by atoms with Gasteiger partial charge in [-0.05, 0) is 42.6 Å². The zero-order valence-corrected chi connectivity index (χ0v) is 21.1. The molecule has 1 aromatic carbocycles. The number of benzene rings is 1. The van der Waals surface area contributed by atoms with Gasteiger partial charge >= 0.3 is 6.18 Å². The molecule has 4 heterocycles. The fourth-order valence-electron chi connectivity index (χ4n) is 4.47. The van der Waals surface area contributed by atoms with Crippen LogP contribution in [0.5, 0.6) is 0 Å². The van der Waals surface area contributed by atoms with Crippen molar-refractivity contribution >= 4 is 50.9 Å². The number of sulfonamides is 1.